The summed E-state index contributed by atoms with van der Waals surface area (Å²) in [6, 6.07) is 20.1. The van der Waals surface area contributed by atoms with Gasteiger partial charge in [0.05, 0.1) is 11.3 Å². The van der Waals surface area contributed by atoms with Crippen LogP contribution in [0.25, 0.3) is 11.1 Å². The second-order valence-corrected chi connectivity index (χ2v) is 6.84. The number of hydrogen-bond donors (Lipinski definition) is 0. The van der Waals surface area contributed by atoms with Crippen molar-refractivity contribution in [2.45, 2.75) is 32.1 Å². The van der Waals surface area contributed by atoms with Crippen LogP contribution >= 0.6 is 0 Å². The van der Waals surface area contributed by atoms with Crippen molar-refractivity contribution in [2.75, 3.05) is 11.9 Å². The second kappa shape index (κ2) is 7.20. The van der Waals surface area contributed by atoms with Crippen molar-refractivity contribution in [1.82, 2.24) is 0 Å². The number of hydrogen-bond acceptors (Lipinski definition) is 3. The van der Waals surface area contributed by atoms with Crippen LogP contribution in [0.5, 0.6) is 0 Å². The van der Waals surface area contributed by atoms with Crippen LogP contribution in [0.4, 0.5) is 11.4 Å². The van der Waals surface area contributed by atoms with Crippen LogP contribution in [-0.2, 0) is 12.8 Å². The Kier molecular flexibility index (Phi) is 4.61. The summed E-state index contributed by atoms with van der Waals surface area (Å²) in [7, 11) is 2.04. The highest BCUT2D eigenvalue weighted by Gasteiger charge is 2.25. The van der Waals surface area contributed by atoms with E-state index in [2.05, 4.69) is 17.0 Å². The molecule has 1 aromatic heterocycles. The third kappa shape index (κ3) is 3.05. The lowest BCUT2D eigenvalue weighted by Crippen LogP contribution is -2.19. The molecule has 2 aromatic carbocycles. The van der Waals surface area contributed by atoms with Crippen LogP contribution in [0.2, 0.25) is 0 Å². The maximum absolute atomic E-state index is 13.0. The van der Waals surface area contributed by atoms with Gasteiger partial charge in [-0.25, -0.2) is 4.79 Å². The minimum Gasteiger partial charge on any atom is -0.427 e. The van der Waals surface area contributed by atoms with E-state index in [9.17, 15) is 4.79 Å². The fourth-order valence-corrected chi connectivity index (χ4v) is 3.84. The first-order valence-electron chi connectivity index (χ1n) is 9.29. The molecule has 26 heavy (non-hydrogen) atoms. The average molecular weight is 345 g/mol. The van der Waals surface area contributed by atoms with Crippen LogP contribution < -0.4 is 10.5 Å². The van der Waals surface area contributed by atoms with E-state index in [0.29, 0.717) is 5.56 Å². The maximum atomic E-state index is 13.0. The molecule has 0 fully saturated rings. The van der Waals surface area contributed by atoms with Crippen molar-refractivity contribution in [2.24, 2.45) is 0 Å². The summed E-state index contributed by atoms with van der Waals surface area (Å²) in [5, 5.41) is 0. The molecule has 1 heterocycles. The van der Waals surface area contributed by atoms with E-state index in [4.69, 9.17) is 4.42 Å². The highest BCUT2D eigenvalue weighted by atomic mass is 16.4. The first-order chi connectivity index (χ1) is 12.8. The van der Waals surface area contributed by atoms with Crippen LogP contribution in [0.1, 0.15) is 30.6 Å². The zero-order chi connectivity index (χ0) is 17.9. The van der Waals surface area contributed by atoms with E-state index >= 15 is 0 Å². The number of fused-ring (bicyclic) bond motifs is 1. The van der Waals surface area contributed by atoms with Crippen LogP contribution in [0.3, 0.4) is 0 Å². The van der Waals surface area contributed by atoms with Crippen molar-refractivity contribution >= 4 is 11.4 Å². The molecule has 0 saturated carbocycles. The van der Waals surface area contributed by atoms with Crippen LogP contribution in [0, 0.1) is 0 Å². The fraction of sp³-hybridized carbons (Fsp3) is 0.261. The molecule has 3 aromatic rings. The minimum atomic E-state index is -0.241. The topological polar surface area (TPSA) is 33.5 Å². The van der Waals surface area contributed by atoms with Gasteiger partial charge in [0, 0.05) is 24.7 Å². The van der Waals surface area contributed by atoms with E-state index < -0.39 is 0 Å². The van der Waals surface area contributed by atoms with Gasteiger partial charge in [-0.15, -0.1) is 0 Å². The molecule has 0 bridgehead atoms. The van der Waals surface area contributed by atoms with E-state index in [1.54, 1.807) is 0 Å². The van der Waals surface area contributed by atoms with Gasteiger partial charge in [0.2, 0.25) is 0 Å². The molecular weight excluding hydrogens is 322 g/mol. The third-order valence-corrected chi connectivity index (χ3v) is 5.15. The quantitative estimate of drug-likeness (QED) is 0.601. The Hall–Kier alpha value is -2.81. The molecule has 0 unspecified atom stereocenters. The van der Waals surface area contributed by atoms with Crippen LogP contribution in [0.15, 0.2) is 69.9 Å². The van der Waals surface area contributed by atoms with Gasteiger partial charge in [-0.1, -0.05) is 55.0 Å². The lowest BCUT2D eigenvalue weighted by molar-refractivity contribution is 0.454. The van der Waals surface area contributed by atoms with Gasteiger partial charge in [-0.3, -0.25) is 0 Å². The normalized spacial score (nSPS) is 13.7. The van der Waals surface area contributed by atoms with E-state index in [-0.39, 0.29) is 5.63 Å². The molecule has 1 aliphatic rings. The number of benzene rings is 2. The number of para-hydroxylation sites is 1. The van der Waals surface area contributed by atoms with Crippen molar-refractivity contribution in [3.05, 3.63) is 82.4 Å². The Labute approximate surface area is 153 Å². The second-order valence-electron chi connectivity index (χ2n) is 6.84. The first kappa shape index (κ1) is 16.6. The maximum Gasteiger partial charge on any atom is 0.345 e. The molecule has 0 radical (unpaired) electrons. The summed E-state index contributed by atoms with van der Waals surface area (Å²) >= 11 is 0. The number of nitrogens with zero attached hydrogens (tertiary/aromatic N) is 1. The monoisotopic (exact) mass is 345 g/mol. The predicted octanol–water partition coefficient (Wildman–Crippen LogP) is 5.34. The van der Waals surface area contributed by atoms with Gasteiger partial charge < -0.3 is 9.32 Å². The molecule has 0 saturated heterocycles. The lowest BCUT2D eigenvalue weighted by Gasteiger charge is -2.26. The Balaban J connectivity index is 1.99. The zero-order valence-corrected chi connectivity index (χ0v) is 15.1. The Bertz CT molecular complexity index is 945. The molecular formula is C23H23NO2. The molecule has 0 amide bonds. The predicted molar refractivity (Wildman–Crippen MR) is 106 cm³/mol. The van der Waals surface area contributed by atoms with Gasteiger partial charge >= 0.3 is 5.63 Å². The average Bonchev–Trinajstić information content (AvgIpc) is 2.93. The van der Waals surface area contributed by atoms with Gasteiger partial charge in [-0.05, 0) is 37.0 Å². The standard InChI is InChI=1S/C23H23NO2/c1-24(18-13-7-3-8-14-18)22-19-15-9-4-10-16-20(19)26-23(25)21(22)17-11-5-2-6-12-17/h2-3,5-8,11-14H,4,9-10,15-16H2,1H3. The van der Waals surface area contributed by atoms with E-state index in [1.165, 1.54) is 12.0 Å². The molecule has 0 spiro atoms. The summed E-state index contributed by atoms with van der Waals surface area (Å²) in [5.41, 5.74) is 4.59. The lowest BCUT2D eigenvalue weighted by atomic mass is 9.98. The molecule has 3 nitrogen and oxygen atoms in total. The highest BCUT2D eigenvalue weighted by molar-refractivity contribution is 5.84. The third-order valence-electron chi connectivity index (χ3n) is 5.15. The Morgan fingerprint density at radius 2 is 1.50 bits per heavy atom. The van der Waals surface area contributed by atoms with Crippen LogP contribution in [-0.4, -0.2) is 7.05 Å². The van der Waals surface area contributed by atoms with Crippen molar-refractivity contribution < 1.29 is 4.42 Å². The van der Waals surface area contributed by atoms with Gasteiger partial charge in [0.15, 0.2) is 0 Å². The number of anilines is 2. The first-order valence-corrected chi connectivity index (χ1v) is 9.29. The molecule has 132 valence electrons. The summed E-state index contributed by atoms with van der Waals surface area (Å²) in [4.78, 5) is 15.1. The largest absolute Gasteiger partial charge is 0.427 e. The van der Waals surface area contributed by atoms with Crippen molar-refractivity contribution in [3.8, 4) is 11.1 Å². The molecule has 3 heteroatoms. The Morgan fingerprint density at radius 1 is 0.846 bits per heavy atom. The van der Waals surface area contributed by atoms with Crippen molar-refractivity contribution in [1.29, 1.82) is 0 Å². The van der Waals surface area contributed by atoms with Gasteiger partial charge in [-0.2, -0.15) is 0 Å². The number of rotatable bonds is 3. The van der Waals surface area contributed by atoms with E-state index in [1.807, 2.05) is 55.6 Å². The summed E-state index contributed by atoms with van der Waals surface area (Å²) in [6.07, 6.45) is 5.17. The fourth-order valence-electron chi connectivity index (χ4n) is 3.84. The molecule has 4 rings (SSSR count). The van der Waals surface area contributed by atoms with E-state index in [0.717, 1.165) is 48.4 Å². The number of aryl methyl sites for hydroxylation is 1. The summed E-state index contributed by atoms with van der Waals surface area (Å²) in [6.45, 7) is 0. The molecule has 0 atom stereocenters. The zero-order valence-electron chi connectivity index (χ0n) is 15.1. The molecule has 0 N–H and O–H groups in total. The molecule has 1 aliphatic carbocycles. The van der Waals surface area contributed by atoms with Gasteiger partial charge in [0.25, 0.3) is 0 Å². The smallest absolute Gasteiger partial charge is 0.345 e. The summed E-state index contributed by atoms with van der Waals surface area (Å²) < 4.78 is 5.81. The summed E-state index contributed by atoms with van der Waals surface area (Å²) in [5.74, 6) is 0.866. The minimum absolute atomic E-state index is 0.241. The highest BCUT2D eigenvalue weighted by Crippen LogP contribution is 2.38. The van der Waals surface area contributed by atoms with Gasteiger partial charge in [0.1, 0.15) is 5.76 Å². The molecule has 0 aliphatic heterocycles. The Morgan fingerprint density at radius 3 is 2.23 bits per heavy atom. The SMILES string of the molecule is CN(c1ccccc1)c1c2c(oc(=O)c1-c1ccccc1)CCCCC2. The van der Waals surface area contributed by atoms with Crippen molar-refractivity contribution in [3.63, 3.8) is 0 Å².